The molecule has 1 amide bonds. The minimum Gasteiger partial charge on any atom is -0.396 e. The van der Waals surface area contributed by atoms with Crippen molar-refractivity contribution in [2.75, 3.05) is 19.8 Å². The highest BCUT2D eigenvalue weighted by molar-refractivity contribution is 5.88. The maximum absolute atomic E-state index is 14.4. The van der Waals surface area contributed by atoms with E-state index in [1.165, 1.54) is 12.1 Å². The molecular formula is C18H23F2NO3. The van der Waals surface area contributed by atoms with E-state index in [0.29, 0.717) is 38.4 Å². The van der Waals surface area contributed by atoms with Gasteiger partial charge in [0.05, 0.1) is 5.41 Å². The van der Waals surface area contributed by atoms with Crippen molar-refractivity contribution in [2.45, 2.75) is 43.6 Å². The predicted octanol–water partition coefficient (Wildman–Crippen LogP) is 2.29. The number of aliphatic hydroxyl groups excluding tert-OH is 1. The van der Waals surface area contributed by atoms with Gasteiger partial charge in [0.1, 0.15) is 11.6 Å². The van der Waals surface area contributed by atoms with Crippen LogP contribution in [0.25, 0.3) is 0 Å². The van der Waals surface area contributed by atoms with E-state index in [0.717, 1.165) is 18.9 Å². The van der Waals surface area contributed by atoms with E-state index in [1.807, 2.05) is 0 Å². The number of hydrogen-bond acceptors (Lipinski definition) is 3. The van der Waals surface area contributed by atoms with E-state index in [-0.39, 0.29) is 24.1 Å². The molecule has 1 aliphatic heterocycles. The Balaban J connectivity index is 1.88. The van der Waals surface area contributed by atoms with Gasteiger partial charge in [0.15, 0.2) is 0 Å². The summed E-state index contributed by atoms with van der Waals surface area (Å²) in [5.74, 6) is -1.22. The van der Waals surface area contributed by atoms with Crippen molar-refractivity contribution < 1.29 is 23.4 Å². The normalized spacial score (nSPS) is 21.3. The molecular weight excluding hydrogens is 316 g/mol. The summed E-state index contributed by atoms with van der Waals surface area (Å²) in [5.41, 5.74) is -0.818. The zero-order valence-electron chi connectivity index (χ0n) is 13.6. The predicted molar refractivity (Wildman–Crippen MR) is 84.4 cm³/mol. The first kappa shape index (κ1) is 17.3. The van der Waals surface area contributed by atoms with Crippen LogP contribution in [0.2, 0.25) is 0 Å². The van der Waals surface area contributed by atoms with Crippen LogP contribution in [0.5, 0.6) is 0 Å². The van der Waals surface area contributed by atoms with Gasteiger partial charge in [0.25, 0.3) is 0 Å². The van der Waals surface area contributed by atoms with Gasteiger partial charge in [-0.3, -0.25) is 4.79 Å². The van der Waals surface area contributed by atoms with Gasteiger partial charge in [0, 0.05) is 37.5 Å². The minimum atomic E-state index is -1.04. The van der Waals surface area contributed by atoms with Gasteiger partial charge < -0.3 is 15.2 Å². The summed E-state index contributed by atoms with van der Waals surface area (Å²) >= 11 is 0. The summed E-state index contributed by atoms with van der Waals surface area (Å²) in [6.45, 7) is 0.721. The Hall–Kier alpha value is -1.53. The molecule has 1 aromatic carbocycles. The molecule has 1 atom stereocenters. The van der Waals surface area contributed by atoms with Gasteiger partial charge in [0.2, 0.25) is 5.91 Å². The third kappa shape index (κ3) is 3.44. The smallest absolute Gasteiger partial charge is 0.231 e. The monoisotopic (exact) mass is 339 g/mol. The number of halogens is 2. The number of rotatable bonds is 6. The zero-order chi connectivity index (χ0) is 17.2. The Morgan fingerprint density at radius 3 is 2.62 bits per heavy atom. The van der Waals surface area contributed by atoms with Crippen molar-refractivity contribution in [3.63, 3.8) is 0 Å². The first-order valence-electron chi connectivity index (χ1n) is 8.52. The maximum atomic E-state index is 14.4. The van der Waals surface area contributed by atoms with Gasteiger partial charge in [-0.25, -0.2) is 8.78 Å². The SMILES string of the molecule is O=C(NC(CCO)C1CC1)C1(c2ccc(F)cc2F)CCOCC1. The first-order chi connectivity index (χ1) is 11.6. The molecule has 2 fully saturated rings. The van der Waals surface area contributed by atoms with Crippen molar-refractivity contribution in [3.8, 4) is 0 Å². The Bertz CT molecular complexity index is 598. The van der Waals surface area contributed by atoms with Crippen LogP contribution in [0.4, 0.5) is 8.78 Å². The maximum Gasteiger partial charge on any atom is 0.231 e. The molecule has 1 heterocycles. The summed E-state index contributed by atoms with van der Waals surface area (Å²) in [7, 11) is 0. The highest BCUT2D eigenvalue weighted by Crippen LogP contribution is 2.39. The van der Waals surface area contributed by atoms with E-state index in [9.17, 15) is 18.7 Å². The summed E-state index contributed by atoms with van der Waals surface area (Å²) in [6, 6.07) is 3.29. The van der Waals surface area contributed by atoms with E-state index >= 15 is 0 Å². The molecule has 2 aliphatic rings. The summed E-state index contributed by atoms with van der Waals surface area (Å²) in [4.78, 5) is 13.1. The van der Waals surface area contributed by atoms with Crippen LogP contribution in [-0.4, -0.2) is 36.9 Å². The molecule has 4 nitrogen and oxygen atoms in total. The number of carbonyl (C=O) groups is 1. The average molecular weight is 339 g/mol. The Kier molecular flexibility index (Phi) is 5.15. The molecule has 0 aromatic heterocycles. The molecule has 3 rings (SSSR count). The molecule has 1 aromatic rings. The van der Waals surface area contributed by atoms with Gasteiger partial charge in [-0.2, -0.15) is 0 Å². The van der Waals surface area contributed by atoms with Crippen molar-refractivity contribution >= 4 is 5.91 Å². The molecule has 1 saturated carbocycles. The average Bonchev–Trinajstić information content (AvgIpc) is 3.40. The Morgan fingerprint density at radius 2 is 2.04 bits per heavy atom. The van der Waals surface area contributed by atoms with Crippen LogP contribution in [0.15, 0.2) is 18.2 Å². The van der Waals surface area contributed by atoms with Crippen molar-refractivity contribution in [2.24, 2.45) is 5.92 Å². The highest BCUT2D eigenvalue weighted by atomic mass is 19.1. The van der Waals surface area contributed by atoms with Crippen LogP contribution in [0.1, 0.15) is 37.7 Å². The number of nitrogens with one attached hydrogen (secondary N) is 1. The lowest BCUT2D eigenvalue weighted by atomic mass is 9.73. The summed E-state index contributed by atoms with van der Waals surface area (Å²) in [5, 5.41) is 12.2. The number of hydrogen-bond donors (Lipinski definition) is 2. The lowest BCUT2D eigenvalue weighted by Gasteiger charge is -2.37. The van der Waals surface area contributed by atoms with Crippen LogP contribution >= 0.6 is 0 Å². The third-order valence-corrected chi connectivity index (χ3v) is 5.18. The van der Waals surface area contributed by atoms with E-state index < -0.39 is 17.0 Å². The second-order valence-corrected chi connectivity index (χ2v) is 6.75. The lowest BCUT2D eigenvalue weighted by Crippen LogP contribution is -2.52. The van der Waals surface area contributed by atoms with Crippen LogP contribution in [0, 0.1) is 17.6 Å². The molecule has 24 heavy (non-hydrogen) atoms. The Morgan fingerprint density at radius 1 is 1.33 bits per heavy atom. The van der Waals surface area contributed by atoms with Gasteiger partial charge in [-0.15, -0.1) is 0 Å². The van der Waals surface area contributed by atoms with Gasteiger partial charge >= 0.3 is 0 Å². The molecule has 1 aliphatic carbocycles. The molecule has 0 bridgehead atoms. The summed E-state index contributed by atoms with van der Waals surface area (Å²) in [6.07, 6.45) is 3.28. The number of benzene rings is 1. The molecule has 2 N–H and O–H groups in total. The van der Waals surface area contributed by atoms with E-state index in [4.69, 9.17) is 4.74 Å². The number of aliphatic hydroxyl groups is 1. The number of amides is 1. The van der Waals surface area contributed by atoms with Crippen molar-refractivity contribution in [3.05, 3.63) is 35.4 Å². The minimum absolute atomic E-state index is 0.00245. The molecule has 6 heteroatoms. The molecule has 132 valence electrons. The quantitative estimate of drug-likeness (QED) is 0.836. The molecule has 0 spiro atoms. The van der Waals surface area contributed by atoms with Gasteiger partial charge in [-0.05, 0) is 44.1 Å². The van der Waals surface area contributed by atoms with Crippen molar-refractivity contribution in [1.29, 1.82) is 0 Å². The van der Waals surface area contributed by atoms with E-state index in [2.05, 4.69) is 5.32 Å². The number of carbonyl (C=O) groups excluding carboxylic acids is 1. The molecule has 0 radical (unpaired) electrons. The largest absolute Gasteiger partial charge is 0.396 e. The second kappa shape index (κ2) is 7.15. The first-order valence-corrected chi connectivity index (χ1v) is 8.52. The standard InChI is InChI=1S/C18H23F2NO3/c19-13-3-4-14(15(20)11-13)18(6-9-24-10-7-18)17(23)21-16(5-8-22)12-1-2-12/h3-4,11-12,16,22H,1-2,5-10H2,(H,21,23). The second-order valence-electron chi connectivity index (χ2n) is 6.75. The van der Waals surface area contributed by atoms with E-state index in [1.54, 1.807) is 0 Å². The molecule has 1 unspecified atom stereocenters. The van der Waals surface area contributed by atoms with Crippen LogP contribution in [-0.2, 0) is 14.9 Å². The fourth-order valence-electron chi connectivity index (χ4n) is 3.59. The van der Waals surface area contributed by atoms with Crippen LogP contribution < -0.4 is 5.32 Å². The highest BCUT2D eigenvalue weighted by Gasteiger charge is 2.45. The topological polar surface area (TPSA) is 58.6 Å². The Labute approximate surface area is 140 Å². The fourth-order valence-corrected chi connectivity index (χ4v) is 3.59. The van der Waals surface area contributed by atoms with Crippen LogP contribution in [0.3, 0.4) is 0 Å². The molecule has 1 saturated heterocycles. The lowest BCUT2D eigenvalue weighted by molar-refractivity contribution is -0.131. The zero-order valence-corrected chi connectivity index (χ0v) is 13.6. The number of ether oxygens (including phenoxy) is 1. The van der Waals surface area contributed by atoms with Gasteiger partial charge in [-0.1, -0.05) is 6.07 Å². The summed E-state index contributed by atoms with van der Waals surface area (Å²) < 4.78 is 33.0. The third-order valence-electron chi connectivity index (χ3n) is 5.18. The van der Waals surface area contributed by atoms with Crippen molar-refractivity contribution in [1.82, 2.24) is 5.32 Å². The fraction of sp³-hybridized carbons (Fsp3) is 0.611.